The molecule has 1 fully saturated rings. The third-order valence-corrected chi connectivity index (χ3v) is 8.14. The highest BCUT2D eigenvalue weighted by molar-refractivity contribution is 7.91. The van der Waals surface area contributed by atoms with E-state index in [2.05, 4.69) is 5.32 Å². The van der Waals surface area contributed by atoms with Gasteiger partial charge in [-0.25, -0.2) is 8.42 Å². The minimum absolute atomic E-state index is 0.0750. The number of nitrogens with zero attached hydrogens (tertiary/aromatic N) is 2. The molecule has 0 atom stereocenters. The van der Waals surface area contributed by atoms with E-state index in [4.69, 9.17) is 0 Å². The summed E-state index contributed by atoms with van der Waals surface area (Å²) < 4.78 is 27.1. The number of sulfonamides is 1. The first-order valence-corrected chi connectivity index (χ1v) is 11.8. The van der Waals surface area contributed by atoms with E-state index in [0.29, 0.717) is 17.3 Å². The summed E-state index contributed by atoms with van der Waals surface area (Å²) in [5.74, 6) is -0.194. The standard InChI is InChI=1S/C20H25N3O4S2/c1-16-7-8-20(28-16)29(26,27)23-13-11-22(12-14-23)19(25)9-10-21-18(24)15-17-5-3-2-4-6-17/h2-8H,9-15H2,1H3,(H,21,24). The van der Waals surface area contributed by atoms with Gasteiger partial charge in [0.1, 0.15) is 4.21 Å². The molecule has 9 heteroatoms. The number of aryl methyl sites for hydroxylation is 1. The molecule has 29 heavy (non-hydrogen) atoms. The van der Waals surface area contributed by atoms with Crippen LogP contribution in [0.4, 0.5) is 0 Å². The molecule has 0 radical (unpaired) electrons. The van der Waals surface area contributed by atoms with Crippen LogP contribution in [0.5, 0.6) is 0 Å². The largest absolute Gasteiger partial charge is 0.355 e. The maximum Gasteiger partial charge on any atom is 0.252 e. The van der Waals surface area contributed by atoms with Gasteiger partial charge in [0.15, 0.2) is 0 Å². The summed E-state index contributed by atoms with van der Waals surface area (Å²) in [5.41, 5.74) is 0.926. The van der Waals surface area contributed by atoms with Gasteiger partial charge in [0.25, 0.3) is 10.0 Å². The smallest absolute Gasteiger partial charge is 0.252 e. The van der Waals surface area contributed by atoms with Crippen LogP contribution in [0.1, 0.15) is 16.9 Å². The van der Waals surface area contributed by atoms with Crippen molar-refractivity contribution in [1.29, 1.82) is 0 Å². The molecule has 1 aromatic heterocycles. The summed E-state index contributed by atoms with van der Waals surface area (Å²) in [6.07, 6.45) is 0.491. The van der Waals surface area contributed by atoms with Crippen LogP contribution < -0.4 is 5.32 Å². The molecule has 2 aromatic rings. The molecule has 0 aliphatic carbocycles. The second-order valence-electron chi connectivity index (χ2n) is 6.91. The summed E-state index contributed by atoms with van der Waals surface area (Å²) in [6.45, 7) is 3.44. The summed E-state index contributed by atoms with van der Waals surface area (Å²) in [5, 5.41) is 2.77. The van der Waals surface area contributed by atoms with Gasteiger partial charge in [0.2, 0.25) is 11.8 Å². The number of carbonyl (C=O) groups is 2. The van der Waals surface area contributed by atoms with E-state index in [1.54, 1.807) is 17.0 Å². The van der Waals surface area contributed by atoms with Gasteiger partial charge in [0.05, 0.1) is 6.42 Å². The average Bonchev–Trinajstić information content (AvgIpc) is 3.16. The van der Waals surface area contributed by atoms with Crippen molar-refractivity contribution >= 4 is 33.2 Å². The number of piperazine rings is 1. The van der Waals surface area contributed by atoms with Crippen LogP contribution in [-0.4, -0.2) is 62.2 Å². The Morgan fingerprint density at radius 1 is 1.03 bits per heavy atom. The van der Waals surface area contributed by atoms with Crippen molar-refractivity contribution in [2.45, 2.75) is 24.0 Å². The highest BCUT2D eigenvalue weighted by Crippen LogP contribution is 2.25. The van der Waals surface area contributed by atoms with Crippen molar-refractivity contribution in [3.05, 3.63) is 52.9 Å². The van der Waals surface area contributed by atoms with Gasteiger partial charge in [-0.2, -0.15) is 4.31 Å². The van der Waals surface area contributed by atoms with Crippen LogP contribution in [0, 0.1) is 6.92 Å². The van der Waals surface area contributed by atoms with Crippen LogP contribution in [0.3, 0.4) is 0 Å². The minimum atomic E-state index is -3.49. The van der Waals surface area contributed by atoms with Gasteiger partial charge in [-0.15, -0.1) is 11.3 Å². The molecule has 1 aliphatic heterocycles. The molecule has 0 bridgehead atoms. The summed E-state index contributed by atoms with van der Waals surface area (Å²) in [4.78, 5) is 26.9. The highest BCUT2D eigenvalue weighted by Gasteiger charge is 2.30. The van der Waals surface area contributed by atoms with Gasteiger partial charge in [-0.05, 0) is 24.6 Å². The molecule has 3 rings (SSSR count). The van der Waals surface area contributed by atoms with E-state index in [1.807, 2.05) is 37.3 Å². The van der Waals surface area contributed by atoms with Crippen LogP contribution in [-0.2, 0) is 26.0 Å². The fourth-order valence-corrected chi connectivity index (χ4v) is 6.03. The average molecular weight is 436 g/mol. The fraction of sp³-hybridized carbons (Fsp3) is 0.400. The molecule has 1 N–H and O–H groups in total. The molecule has 0 unspecified atom stereocenters. The van der Waals surface area contributed by atoms with Gasteiger partial charge >= 0.3 is 0 Å². The first-order chi connectivity index (χ1) is 13.9. The lowest BCUT2D eigenvalue weighted by atomic mass is 10.1. The van der Waals surface area contributed by atoms with Crippen molar-refractivity contribution in [3.63, 3.8) is 0 Å². The predicted octanol–water partition coefficient (Wildman–Crippen LogP) is 1.64. The second-order valence-corrected chi connectivity index (χ2v) is 10.4. The van der Waals surface area contributed by atoms with E-state index in [9.17, 15) is 18.0 Å². The van der Waals surface area contributed by atoms with Crippen LogP contribution in [0.2, 0.25) is 0 Å². The SMILES string of the molecule is Cc1ccc(S(=O)(=O)N2CCN(C(=O)CCNC(=O)Cc3ccccc3)CC2)s1. The van der Waals surface area contributed by atoms with E-state index >= 15 is 0 Å². The minimum Gasteiger partial charge on any atom is -0.355 e. The second kappa shape index (κ2) is 9.51. The Morgan fingerprint density at radius 2 is 1.72 bits per heavy atom. The topological polar surface area (TPSA) is 86.8 Å². The molecular formula is C20H25N3O4S2. The third-order valence-electron chi connectivity index (χ3n) is 4.77. The molecule has 7 nitrogen and oxygen atoms in total. The van der Waals surface area contributed by atoms with Crippen LogP contribution >= 0.6 is 11.3 Å². The normalized spacial score (nSPS) is 15.3. The van der Waals surface area contributed by atoms with Crippen LogP contribution in [0.15, 0.2) is 46.7 Å². The number of hydrogen-bond acceptors (Lipinski definition) is 5. The highest BCUT2D eigenvalue weighted by atomic mass is 32.2. The maximum absolute atomic E-state index is 12.7. The first kappa shape index (κ1) is 21.5. The van der Waals surface area contributed by atoms with Crippen molar-refractivity contribution in [3.8, 4) is 0 Å². The molecule has 1 saturated heterocycles. The number of nitrogens with one attached hydrogen (secondary N) is 1. The molecule has 2 heterocycles. The van der Waals surface area contributed by atoms with Gasteiger partial charge in [-0.1, -0.05) is 30.3 Å². The Morgan fingerprint density at radius 3 is 2.34 bits per heavy atom. The Kier molecular flexibility index (Phi) is 7.05. The van der Waals surface area contributed by atoms with Crippen LogP contribution in [0.25, 0.3) is 0 Å². The lowest BCUT2D eigenvalue weighted by Crippen LogP contribution is -2.50. The summed E-state index contributed by atoms with van der Waals surface area (Å²) in [7, 11) is -3.49. The number of rotatable bonds is 7. The van der Waals surface area contributed by atoms with Gasteiger partial charge < -0.3 is 10.2 Å². The van der Waals surface area contributed by atoms with Crippen molar-refractivity contribution in [1.82, 2.24) is 14.5 Å². The molecular weight excluding hydrogens is 410 g/mol. The van der Waals surface area contributed by atoms with Crippen molar-refractivity contribution in [2.24, 2.45) is 0 Å². The number of carbonyl (C=O) groups excluding carboxylic acids is 2. The Balaban J connectivity index is 1.41. The van der Waals surface area contributed by atoms with Crippen molar-refractivity contribution in [2.75, 3.05) is 32.7 Å². The maximum atomic E-state index is 12.7. The number of thiophene rings is 1. The molecule has 1 aliphatic rings. The molecule has 2 amide bonds. The Labute approximate surface area is 175 Å². The summed E-state index contributed by atoms with van der Waals surface area (Å²) >= 11 is 1.26. The number of amides is 2. The summed E-state index contributed by atoms with van der Waals surface area (Å²) in [6, 6.07) is 12.9. The van der Waals surface area contributed by atoms with E-state index < -0.39 is 10.0 Å². The lowest BCUT2D eigenvalue weighted by molar-refractivity contribution is -0.132. The molecule has 0 spiro atoms. The molecule has 1 aromatic carbocycles. The number of benzene rings is 1. The van der Waals surface area contributed by atoms with E-state index in [1.165, 1.54) is 15.6 Å². The lowest BCUT2D eigenvalue weighted by Gasteiger charge is -2.33. The first-order valence-electron chi connectivity index (χ1n) is 9.51. The Hall–Kier alpha value is -2.23. The molecule has 0 saturated carbocycles. The monoisotopic (exact) mass is 435 g/mol. The zero-order chi connectivity index (χ0) is 20.9. The van der Waals surface area contributed by atoms with E-state index in [0.717, 1.165) is 10.4 Å². The van der Waals surface area contributed by atoms with Gasteiger partial charge in [0, 0.05) is 44.0 Å². The zero-order valence-corrected chi connectivity index (χ0v) is 18.0. The Bertz CT molecular complexity index is 949. The zero-order valence-electron chi connectivity index (χ0n) is 16.3. The predicted molar refractivity (Wildman–Crippen MR) is 112 cm³/mol. The third kappa shape index (κ3) is 5.65. The number of hydrogen-bond donors (Lipinski definition) is 1. The van der Waals surface area contributed by atoms with Gasteiger partial charge in [-0.3, -0.25) is 9.59 Å². The van der Waals surface area contributed by atoms with Crippen molar-refractivity contribution < 1.29 is 18.0 Å². The van der Waals surface area contributed by atoms with E-state index in [-0.39, 0.29) is 44.3 Å². The quantitative estimate of drug-likeness (QED) is 0.716. The molecule has 156 valence electrons. The fourth-order valence-electron chi connectivity index (χ4n) is 3.17.